The SMILES string of the molecule is Cc1cc(C(=O)CN2C(=O)C(=O)N(C)C2=O)c(C)n1-c1ccc(OC(F)F)cc1. The van der Waals surface area contributed by atoms with Crippen LogP contribution >= 0.6 is 0 Å². The van der Waals surface area contributed by atoms with Crippen LogP contribution in [0.5, 0.6) is 5.75 Å². The van der Waals surface area contributed by atoms with E-state index in [0.29, 0.717) is 26.9 Å². The van der Waals surface area contributed by atoms with E-state index in [1.807, 2.05) is 0 Å². The van der Waals surface area contributed by atoms with Gasteiger partial charge in [0.05, 0.1) is 6.54 Å². The van der Waals surface area contributed by atoms with Crippen LogP contribution in [0.4, 0.5) is 13.6 Å². The van der Waals surface area contributed by atoms with Crippen LogP contribution in [0.3, 0.4) is 0 Å². The second kappa shape index (κ2) is 7.46. The molecule has 0 N–H and O–H groups in total. The summed E-state index contributed by atoms with van der Waals surface area (Å²) in [5.41, 5.74) is 2.11. The summed E-state index contributed by atoms with van der Waals surface area (Å²) in [5, 5.41) is 0. The van der Waals surface area contributed by atoms with E-state index >= 15 is 0 Å². The van der Waals surface area contributed by atoms with Crippen molar-refractivity contribution in [2.45, 2.75) is 20.5 Å². The molecule has 1 aliphatic heterocycles. The first-order valence-corrected chi connectivity index (χ1v) is 8.52. The van der Waals surface area contributed by atoms with Crippen molar-refractivity contribution >= 4 is 23.6 Å². The summed E-state index contributed by atoms with van der Waals surface area (Å²) in [4.78, 5) is 49.4. The summed E-state index contributed by atoms with van der Waals surface area (Å²) in [7, 11) is 1.17. The molecule has 1 fully saturated rings. The molecule has 3 rings (SSSR count). The van der Waals surface area contributed by atoms with Crippen LogP contribution in [0.25, 0.3) is 5.69 Å². The van der Waals surface area contributed by atoms with Gasteiger partial charge in [-0.05, 0) is 44.2 Å². The topological polar surface area (TPSA) is 88.9 Å². The van der Waals surface area contributed by atoms with Gasteiger partial charge in [-0.1, -0.05) is 0 Å². The standard InChI is InChI=1S/C19H17F2N3O5/c1-10-8-14(15(25)9-23-17(27)16(26)22(3)19(23)28)11(2)24(10)12-4-6-13(7-5-12)29-18(20)21/h4-8,18H,9H2,1-3H3. The fourth-order valence-electron chi connectivity index (χ4n) is 3.20. The molecule has 2 aromatic rings. The number of halogens is 2. The monoisotopic (exact) mass is 405 g/mol. The summed E-state index contributed by atoms with van der Waals surface area (Å²) >= 11 is 0. The normalized spacial score (nSPS) is 14.3. The summed E-state index contributed by atoms with van der Waals surface area (Å²) in [5.74, 6) is -2.54. The first-order valence-electron chi connectivity index (χ1n) is 8.52. The second-order valence-electron chi connectivity index (χ2n) is 6.45. The molecular weight excluding hydrogens is 388 g/mol. The Bertz CT molecular complexity index is 1010. The Morgan fingerprint density at radius 3 is 2.21 bits per heavy atom. The van der Waals surface area contributed by atoms with E-state index in [9.17, 15) is 28.0 Å². The number of urea groups is 1. The first-order chi connectivity index (χ1) is 13.6. The molecule has 0 unspecified atom stereocenters. The number of carbonyl (C=O) groups excluding carboxylic acids is 4. The maximum Gasteiger partial charge on any atom is 0.387 e. The fraction of sp³-hybridized carbons (Fsp3) is 0.263. The van der Waals surface area contributed by atoms with Gasteiger partial charge in [0, 0.05) is 29.7 Å². The van der Waals surface area contributed by atoms with Crippen LogP contribution in [-0.4, -0.2) is 58.2 Å². The van der Waals surface area contributed by atoms with E-state index in [2.05, 4.69) is 4.74 Å². The minimum Gasteiger partial charge on any atom is -0.435 e. The zero-order chi connectivity index (χ0) is 21.5. The number of likely N-dealkylation sites (N-methyl/N-ethyl adjacent to an activating group) is 1. The number of hydrogen-bond acceptors (Lipinski definition) is 5. The molecule has 4 amide bonds. The number of imide groups is 2. The van der Waals surface area contributed by atoms with E-state index in [1.54, 1.807) is 36.6 Å². The highest BCUT2D eigenvalue weighted by Crippen LogP contribution is 2.24. The van der Waals surface area contributed by atoms with Gasteiger partial charge in [-0.15, -0.1) is 0 Å². The van der Waals surface area contributed by atoms with Crippen molar-refractivity contribution in [1.82, 2.24) is 14.4 Å². The van der Waals surface area contributed by atoms with Crippen molar-refractivity contribution in [3.05, 3.63) is 47.3 Å². The number of alkyl halides is 2. The smallest absolute Gasteiger partial charge is 0.387 e. The number of carbonyl (C=O) groups is 4. The summed E-state index contributed by atoms with van der Waals surface area (Å²) < 4.78 is 30.6. The molecule has 29 heavy (non-hydrogen) atoms. The van der Waals surface area contributed by atoms with Crippen LogP contribution in [0.15, 0.2) is 30.3 Å². The fourth-order valence-corrected chi connectivity index (χ4v) is 3.20. The van der Waals surface area contributed by atoms with Crippen LogP contribution in [0, 0.1) is 13.8 Å². The minimum absolute atomic E-state index is 0.00218. The lowest BCUT2D eigenvalue weighted by molar-refractivity contribution is -0.142. The molecule has 1 aliphatic rings. The highest BCUT2D eigenvalue weighted by molar-refractivity contribution is 6.45. The Balaban J connectivity index is 1.86. The minimum atomic E-state index is -2.93. The van der Waals surface area contributed by atoms with Gasteiger partial charge in [0.25, 0.3) is 0 Å². The van der Waals surface area contributed by atoms with E-state index < -0.39 is 36.8 Å². The van der Waals surface area contributed by atoms with E-state index in [-0.39, 0.29) is 11.3 Å². The Morgan fingerprint density at radius 2 is 1.69 bits per heavy atom. The third-order valence-corrected chi connectivity index (χ3v) is 4.60. The van der Waals surface area contributed by atoms with E-state index in [0.717, 1.165) is 0 Å². The van der Waals surface area contributed by atoms with Crippen LogP contribution < -0.4 is 4.74 Å². The number of ketones is 1. The number of amides is 4. The molecule has 0 saturated carbocycles. The van der Waals surface area contributed by atoms with Crippen LogP contribution in [0.1, 0.15) is 21.7 Å². The number of aryl methyl sites for hydroxylation is 1. The van der Waals surface area contributed by atoms with E-state index in [4.69, 9.17) is 0 Å². The van der Waals surface area contributed by atoms with Crippen LogP contribution in [-0.2, 0) is 9.59 Å². The first kappa shape index (κ1) is 20.2. The van der Waals surface area contributed by atoms with Gasteiger partial charge in [-0.2, -0.15) is 8.78 Å². The molecule has 10 heteroatoms. The molecule has 0 atom stereocenters. The van der Waals surface area contributed by atoms with Gasteiger partial charge >= 0.3 is 24.5 Å². The van der Waals surface area contributed by atoms with Gasteiger partial charge in [-0.3, -0.25) is 19.3 Å². The zero-order valence-corrected chi connectivity index (χ0v) is 15.8. The average molecular weight is 405 g/mol. The zero-order valence-electron chi connectivity index (χ0n) is 15.8. The van der Waals surface area contributed by atoms with Crippen molar-refractivity contribution in [1.29, 1.82) is 0 Å². The number of Topliss-reactive ketones (excluding diaryl/α,β-unsaturated/α-hetero) is 1. The van der Waals surface area contributed by atoms with Gasteiger partial charge in [0.15, 0.2) is 5.78 Å². The summed E-state index contributed by atoms with van der Waals surface area (Å²) in [6.45, 7) is -0.0629. The summed E-state index contributed by atoms with van der Waals surface area (Å²) in [6.07, 6.45) is 0. The lowest BCUT2D eigenvalue weighted by Gasteiger charge is -2.13. The molecule has 1 aromatic heterocycles. The Hall–Kier alpha value is -3.56. The molecule has 152 valence electrons. The largest absolute Gasteiger partial charge is 0.435 e. The maximum atomic E-state index is 12.7. The number of ether oxygens (including phenoxy) is 1. The lowest BCUT2D eigenvalue weighted by atomic mass is 10.1. The van der Waals surface area contributed by atoms with Crippen molar-refractivity contribution in [2.24, 2.45) is 0 Å². The summed E-state index contributed by atoms with van der Waals surface area (Å²) in [6, 6.07) is 6.63. The van der Waals surface area contributed by atoms with Gasteiger partial charge in [0.1, 0.15) is 5.75 Å². The number of nitrogens with zero attached hydrogens (tertiary/aromatic N) is 3. The molecular formula is C19H17F2N3O5. The van der Waals surface area contributed by atoms with Gasteiger partial charge in [-0.25, -0.2) is 9.69 Å². The Kier molecular flexibility index (Phi) is 5.19. The Morgan fingerprint density at radius 1 is 1.07 bits per heavy atom. The molecule has 2 heterocycles. The van der Waals surface area contributed by atoms with Crippen molar-refractivity contribution < 1.29 is 32.7 Å². The molecule has 8 nitrogen and oxygen atoms in total. The quantitative estimate of drug-likeness (QED) is 0.418. The van der Waals surface area contributed by atoms with Crippen molar-refractivity contribution in [3.63, 3.8) is 0 Å². The molecule has 0 aliphatic carbocycles. The van der Waals surface area contributed by atoms with Crippen molar-refractivity contribution in [2.75, 3.05) is 13.6 Å². The number of benzene rings is 1. The molecule has 1 saturated heterocycles. The van der Waals surface area contributed by atoms with E-state index in [1.165, 1.54) is 19.2 Å². The third kappa shape index (κ3) is 3.60. The molecule has 1 aromatic carbocycles. The number of hydrogen-bond donors (Lipinski definition) is 0. The molecule has 0 spiro atoms. The highest BCUT2D eigenvalue weighted by Gasteiger charge is 2.43. The lowest BCUT2D eigenvalue weighted by Crippen LogP contribution is -2.36. The average Bonchev–Trinajstić information content (AvgIpc) is 3.06. The Labute approximate surface area is 164 Å². The van der Waals surface area contributed by atoms with Gasteiger partial charge < -0.3 is 9.30 Å². The predicted octanol–water partition coefficient (Wildman–Crippen LogP) is 2.30. The third-order valence-electron chi connectivity index (χ3n) is 4.60. The second-order valence-corrected chi connectivity index (χ2v) is 6.45. The van der Waals surface area contributed by atoms with Crippen LogP contribution in [0.2, 0.25) is 0 Å². The van der Waals surface area contributed by atoms with Gasteiger partial charge in [0.2, 0.25) is 0 Å². The van der Waals surface area contributed by atoms with Crippen molar-refractivity contribution in [3.8, 4) is 11.4 Å². The molecule has 0 bridgehead atoms. The highest BCUT2D eigenvalue weighted by atomic mass is 19.3. The predicted molar refractivity (Wildman–Crippen MR) is 96.1 cm³/mol. The maximum absolute atomic E-state index is 12.7. The molecule has 0 radical (unpaired) electrons. The number of rotatable bonds is 6. The number of aromatic nitrogens is 1.